The van der Waals surface area contributed by atoms with Crippen molar-refractivity contribution in [1.29, 1.82) is 0 Å². The molecule has 0 saturated heterocycles. The first-order valence-corrected chi connectivity index (χ1v) is 8.00. The summed E-state index contributed by atoms with van der Waals surface area (Å²) in [4.78, 5) is 11.7. The third kappa shape index (κ3) is 5.42. The average molecular weight is 404 g/mol. The standard InChI is InChI=1S/C16H13Cl3N2O4/c1-24-14-3-2-9(4-13(14)22)7-20-21-16(23)8-25-15-6-11(18)10(17)5-12(15)19/h2-7,22H,8H2,1H3,(H,21,23). The van der Waals surface area contributed by atoms with Crippen molar-refractivity contribution in [3.8, 4) is 17.2 Å². The summed E-state index contributed by atoms with van der Waals surface area (Å²) in [6.45, 7) is -0.317. The number of phenols is 1. The number of hydrogen-bond donors (Lipinski definition) is 2. The van der Waals surface area contributed by atoms with E-state index in [2.05, 4.69) is 10.5 Å². The number of nitrogens with one attached hydrogen (secondary N) is 1. The molecule has 0 atom stereocenters. The fourth-order valence-electron chi connectivity index (χ4n) is 1.76. The Hall–Kier alpha value is -2.15. The highest BCUT2D eigenvalue weighted by molar-refractivity contribution is 6.43. The summed E-state index contributed by atoms with van der Waals surface area (Å²) in [5.74, 6) is 0.0369. The Balaban J connectivity index is 1.88. The Labute approximate surface area is 158 Å². The Morgan fingerprint density at radius 3 is 2.56 bits per heavy atom. The zero-order valence-corrected chi connectivity index (χ0v) is 15.2. The van der Waals surface area contributed by atoms with Gasteiger partial charge in [0.2, 0.25) is 0 Å². The minimum absolute atomic E-state index is 0.0321. The molecule has 0 aromatic heterocycles. The molecule has 0 radical (unpaired) electrons. The summed E-state index contributed by atoms with van der Waals surface area (Å²) < 4.78 is 10.2. The third-order valence-corrected chi connectivity index (χ3v) is 3.96. The molecule has 0 fully saturated rings. The van der Waals surface area contributed by atoms with Gasteiger partial charge >= 0.3 is 0 Å². The maximum Gasteiger partial charge on any atom is 0.277 e. The van der Waals surface area contributed by atoms with Gasteiger partial charge in [0.15, 0.2) is 18.1 Å². The van der Waals surface area contributed by atoms with Crippen molar-refractivity contribution >= 4 is 46.9 Å². The SMILES string of the molecule is COc1ccc(C=NNC(=O)COc2cc(Cl)c(Cl)cc2Cl)cc1O. The highest BCUT2D eigenvalue weighted by atomic mass is 35.5. The molecule has 0 heterocycles. The molecule has 6 nitrogen and oxygen atoms in total. The maximum atomic E-state index is 11.7. The van der Waals surface area contributed by atoms with Crippen LogP contribution in [-0.2, 0) is 4.79 Å². The first kappa shape index (κ1) is 19.2. The van der Waals surface area contributed by atoms with Gasteiger partial charge in [-0.25, -0.2) is 5.43 Å². The highest BCUT2D eigenvalue weighted by Gasteiger charge is 2.09. The molecule has 0 bridgehead atoms. The second-order valence-electron chi connectivity index (χ2n) is 4.71. The number of carbonyl (C=O) groups is 1. The lowest BCUT2D eigenvalue weighted by Crippen LogP contribution is -2.24. The fraction of sp³-hybridized carbons (Fsp3) is 0.125. The second-order valence-corrected chi connectivity index (χ2v) is 5.93. The lowest BCUT2D eigenvalue weighted by atomic mass is 10.2. The van der Waals surface area contributed by atoms with Crippen LogP contribution in [0.2, 0.25) is 15.1 Å². The minimum atomic E-state index is -0.504. The van der Waals surface area contributed by atoms with Crippen LogP contribution in [0.25, 0.3) is 0 Å². The van der Waals surface area contributed by atoms with Crippen molar-refractivity contribution in [3.63, 3.8) is 0 Å². The van der Waals surface area contributed by atoms with Gasteiger partial charge in [0.1, 0.15) is 5.75 Å². The normalized spacial score (nSPS) is 10.7. The van der Waals surface area contributed by atoms with E-state index in [1.807, 2.05) is 0 Å². The molecule has 9 heteroatoms. The van der Waals surface area contributed by atoms with Crippen LogP contribution < -0.4 is 14.9 Å². The van der Waals surface area contributed by atoms with Crippen molar-refractivity contribution in [2.24, 2.45) is 5.10 Å². The molecule has 0 aliphatic carbocycles. The Bertz CT molecular complexity index is 812. The Morgan fingerprint density at radius 2 is 1.88 bits per heavy atom. The monoisotopic (exact) mass is 402 g/mol. The summed E-state index contributed by atoms with van der Waals surface area (Å²) >= 11 is 17.6. The maximum absolute atomic E-state index is 11.7. The number of methoxy groups -OCH3 is 1. The number of hydrazone groups is 1. The molecule has 2 N–H and O–H groups in total. The lowest BCUT2D eigenvalue weighted by molar-refractivity contribution is -0.123. The lowest BCUT2D eigenvalue weighted by Gasteiger charge is -2.08. The molecule has 0 saturated carbocycles. The van der Waals surface area contributed by atoms with Gasteiger partial charge in [0, 0.05) is 6.07 Å². The molecule has 2 aromatic carbocycles. The van der Waals surface area contributed by atoms with Crippen LogP contribution in [0.3, 0.4) is 0 Å². The molecular formula is C16H13Cl3N2O4. The third-order valence-electron chi connectivity index (χ3n) is 2.94. The average Bonchev–Trinajstić information content (AvgIpc) is 2.57. The Morgan fingerprint density at radius 1 is 1.16 bits per heavy atom. The van der Waals surface area contributed by atoms with E-state index in [-0.39, 0.29) is 33.2 Å². The zero-order valence-electron chi connectivity index (χ0n) is 12.9. The highest BCUT2D eigenvalue weighted by Crippen LogP contribution is 2.33. The van der Waals surface area contributed by atoms with Crippen molar-refractivity contribution < 1.29 is 19.4 Å². The van der Waals surface area contributed by atoms with E-state index in [1.54, 1.807) is 12.1 Å². The van der Waals surface area contributed by atoms with Crippen LogP contribution in [0.5, 0.6) is 17.2 Å². The number of amides is 1. The summed E-state index contributed by atoms with van der Waals surface area (Å²) in [6.07, 6.45) is 1.36. The summed E-state index contributed by atoms with van der Waals surface area (Å²) in [5.41, 5.74) is 2.86. The first-order valence-electron chi connectivity index (χ1n) is 6.87. The smallest absolute Gasteiger partial charge is 0.277 e. The van der Waals surface area contributed by atoms with Gasteiger partial charge in [0.05, 0.1) is 28.4 Å². The number of aromatic hydroxyl groups is 1. The number of halogens is 3. The van der Waals surface area contributed by atoms with E-state index in [1.165, 1.54) is 31.5 Å². The molecule has 2 aromatic rings. The van der Waals surface area contributed by atoms with Crippen molar-refractivity contribution in [3.05, 3.63) is 51.0 Å². The molecule has 132 valence electrons. The number of ether oxygens (including phenoxy) is 2. The van der Waals surface area contributed by atoms with Gasteiger partial charge < -0.3 is 14.6 Å². The molecular weight excluding hydrogens is 391 g/mol. The topological polar surface area (TPSA) is 80.2 Å². The van der Waals surface area contributed by atoms with E-state index >= 15 is 0 Å². The predicted molar refractivity (Wildman–Crippen MR) is 97.4 cm³/mol. The molecule has 2 rings (SSSR count). The van der Waals surface area contributed by atoms with E-state index < -0.39 is 5.91 Å². The van der Waals surface area contributed by atoms with Crippen molar-refractivity contribution in [2.75, 3.05) is 13.7 Å². The van der Waals surface area contributed by atoms with Gasteiger partial charge in [-0.15, -0.1) is 0 Å². The molecule has 25 heavy (non-hydrogen) atoms. The number of carbonyl (C=O) groups excluding carboxylic acids is 1. The van der Waals surface area contributed by atoms with Crippen LogP contribution in [0.15, 0.2) is 35.4 Å². The Kier molecular flexibility index (Phi) is 6.75. The summed E-state index contributed by atoms with van der Waals surface area (Å²) in [5, 5.41) is 14.2. The fourth-order valence-corrected chi connectivity index (χ4v) is 2.35. The van der Waals surface area contributed by atoms with Crippen LogP contribution in [0.4, 0.5) is 0 Å². The van der Waals surface area contributed by atoms with E-state index in [4.69, 9.17) is 44.3 Å². The van der Waals surface area contributed by atoms with Crippen LogP contribution >= 0.6 is 34.8 Å². The quantitative estimate of drug-likeness (QED) is 0.436. The number of nitrogens with zero attached hydrogens (tertiary/aromatic N) is 1. The zero-order chi connectivity index (χ0) is 18.4. The summed E-state index contributed by atoms with van der Waals surface area (Å²) in [6, 6.07) is 7.53. The molecule has 0 spiro atoms. The molecule has 0 aliphatic rings. The minimum Gasteiger partial charge on any atom is -0.504 e. The van der Waals surface area contributed by atoms with Gasteiger partial charge in [-0.2, -0.15) is 5.10 Å². The van der Waals surface area contributed by atoms with Crippen molar-refractivity contribution in [2.45, 2.75) is 0 Å². The van der Waals surface area contributed by atoms with Crippen LogP contribution in [0, 0.1) is 0 Å². The second kappa shape index (κ2) is 8.80. The van der Waals surface area contributed by atoms with Gasteiger partial charge in [-0.1, -0.05) is 34.8 Å². The molecule has 0 unspecified atom stereocenters. The number of rotatable bonds is 6. The predicted octanol–water partition coefficient (Wildman–Crippen LogP) is 3.89. The van der Waals surface area contributed by atoms with E-state index in [0.29, 0.717) is 11.3 Å². The number of hydrogen-bond acceptors (Lipinski definition) is 5. The largest absolute Gasteiger partial charge is 0.504 e. The molecule has 1 amide bonds. The summed E-state index contributed by atoms with van der Waals surface area (Å²) in [7, 11) is 1.45. The van der Waals surface area contributed by atoms with Crippen LogP contribution in [0.1, 0.15) is 5.56 Å². The van der Waals surface area contributed by atoms with Crippen molar-refractivity contribution in [1.82, 2.24) is 5.43 Å². The van der Waals surface area contributed by atoms with Gasteiger partial charge in [-0.3, -0.25) is 4.79 Å². The first-order chi connectivity index (χ1) is 11.9. The van der Waals surface area contributed by atoms with Crippen LogP contribution in [-0.4, -0.2) is 30.9 Å². The van der Waals surface area contributed by atoms with Gasteiger partial charge in [-0.05, 0) is 29.8 Å². The number of benzene rings is 2. The van der Waals surface area contributed by atoms with E-state index in [0.717, 1.165) is 0 Å². The van der Waals surface area contributed by atoms with E-state index in [9.17, 15) is 9.90 Å². The van der Waals surface area contributed by atoms with Gasteiger partial charge in [0.25, 0.3) is 5.91 Å². The molecule has 0 aliphatic heterocycles. The number of phenolic OH excluding ortho intramolecular Hbond substituents is 1.